The van der Waals surface area contributed by atoms with Gasteiger partial charge in [-0.25, -0.2) is 9.97 Å². The molecule has 0 radical (unpaired) electrons. The number of rotatable bonds is 4. The van der Waals surface area contributed by atoms with Gasteiger partial charge < -0.3 is 10.6 Å². The smallest absolute Gasteiger partial charge is 0.134 e. The SMILES string of the molecule is CNc1nc(C)nc(NCC2CSCCS2)c1C. The van der Waals surface area contributed by atoms with Crippen LogP contribution in [-0.4, -0.2) is 46.1 Å². The van der Waals surface area contributed by atoms with Crippen LogP contribution in [0.1, 0.15) is 11.4 Å². The molecule has 1 aliphatic rings. The second-order valence-electron chi connectivity index (χ2n) is 4.29. The van der Waals surface area contributed by atoms with E-state index in [1.807, 2.05) is 25.7 Å². The summed E-state index contributed by atoms with van der Waals surface area (Å²) in [5.41, 5.74) is 1.09. The zero-order chi connectivity index (χ0) is 13.0. The van der Waals surface area contributed by atoms with Crippen LogP contribution in [0.25, 0.3) is 0 Å². The van der Waals surface area contributed by atoms with Gasteiger partial charge >= 0.3 is 0 Å². The van der Waals surface area contributed by atoms with E-state index in [0.717, 1.165) is 29.6 Å². The highest BCUT2D eigenvalue weighted by molar-refractivity contribution is 8.06. The lowest BCUT2D eigenvalue weighted by Crippen LogP contribution is -2.24. The Balaban J connectivity index is 2.01. The first kappa shape index (κ1) is 13.8. The van der Waals surface area contributed by atoms with Gasteiger partial charge in [0.05, 0.1) is 0 Å². The van der Waals surface area contributed by atoms with Crippen molar-refractivity contribution in [2.75, 3.05) is 41.5 Å². The number of nitrogens with zero attached hydrogens (tertiary/aromatic N) is 2. The zero-order valence-electron chi connectivity index (χ0n) is 11.1. The van der Waals surface area contributed by atoms with Crippen molar-refractivity contribution in [3.63, 3.8) is 0 Å². The molecule has 0 aliphatic carbocycles. The van der Waals surface area contributed by atoms with Crippen LogP contribution in [0.4, 0.5) is 11.6 Å². The van der Waals surface area contributed by atoms with Crippen molar-refractivity contribution < 1.29 is 0 Å². The molecular formula is C12H20N4S2. The molecule has 1 saturated heterocycles. The Kier molecular flexibility index (Phi) is 5.00. The Labute approximate surface area is 117 Å². The largest absolute Gasteiger partial charge is 0.373 e. The molecule has 1 aliphatic heterocycles. The topological polar surface area (TPSA) is 49.8 Å². The van der Waals surface area contributed by atoms with Crippen molar-refractivity contribution >= 4 is 35.2 Å². The second-order valence-corrected chi connectivity index (χ2v) is 6.85. The lowest BCUT2D eigenvalue weighted by atomic mass is 10.3. The first-order chi connectivity index (χ1) is 8.70. The van der Waals surface area contributed by atoms with E-state index in [2.05, 4.69) is 39.3 Å². The van der Waals surface area contributed by atoms with Crippen LogP contribution in [0.2, 0.25) is 0 Å². The lowest BCUT2D eigenvalue weighted by molar-refractivity contribution is 0.963. The average molecular weight is 284 g/mol. The van der Waals surface area contributed by atoms with E-state index in [1.54, 1.807) is 0 Å². The summed E-state index contributed by atoms with van der Waals surface area (Å²) in [6.07, 6.45) is 0. The highest BCUT2D eigenvalue weighted by Gasteiger charge is 2.15. The molecule has 0 bridgehead atoms. The first-order valence-electron chi connectivity index (χ1n) is 6.17. The molecule has 0 amide bonds. The van der Waals surface area contributed by atoms with Crippen molar-refractivity contribution in [2.45, 2.75) is 19.1 Å². The summed E-state index contributed by atoms with van der Waals surface area (Å²) in [5.74, 6) is 6.47. The van der Waals surface area contributed by atoms with E-state index in [-0.39, 0.29) is 0 Å². The fourth-order valence-electron chi connectivity index (χ4n) is 1.91. The van der Waals surface area contributed by atoms with Gasteiger partial charge in [0.1, 0.15) is 17.5 Å². The van der Waals surface area contributed by atoms with Gasteiger partial charge in [-0.15, -0.1) is 0 Å². The van der Waals surface area contributed by atoms with Gasteiger partial charge in [-0.05, 0) is 13.8 Å². The molecule has 6 heteroatoms. The monoisotopic (exact) mass is 284 g/mol. The lowest BCUT2D eigenvalue weighted by Gasteiger charge is -2.22. The molecule has 2 heterocycles. The minimum absolute atomic E-state index is 0.691. The zero-order valence-corrected chi connectivity index (χ0v) is 12.7. The predicted molar refractivity (Wildman–Crippen MR) is 83.1 cm³/mol. The molecule has 1 aromatic heterocycles. The minimum Gasteiger partial charge on any atom is -0.373 e. The number of anilines is 2. The second kappa shape index (κ2) is 6.52. The van der Waals surface area contributed by atoms with Crippen LogP contribution in [0.5, 0.6) is 0 Å². The van der Waals surface area contributed by atoms with Gasteiger partial charge in [0.25, 0.3) is 0 Å². The maximum Gasteiger partial charge on any atom is 0.134 e. The molecule has 1 aromatic rings. The standard InChI is InChI=1S/C12H20N4S2/c1-8-11(13-3)15-9(2)16-12(8)14-6-10-7-17-4-5-18-10/h10H,4-7H2,1-3H3,(H2,13,14,15,16). The minimum atomic E-state index is 0.691. The Morgan fingerprint density at radius 2 is 2.00 bits per heavy atom. The summed E-state index contributed by atoms with van der Waals surface area (Å²) in [5, 5.41) is 7.28. The van der Waals surface area contributed by atoms with Crippen LogP contribution in [0.3, 0.4) is 0 Å². The molecule has 0 spiro atoms. The average Bonchev–Trinajstić information content (AvgIpc) is 2.40. The summed E-state index contributed by atoms with van der Waals surface area (Å²) < 4.78 is 0. The number of aromatic nitrogens is 2. The molecule has 0 aromatic carbocycles. The summed E-state index contributed by atoms with van der Waals surface area (Å²) in [6, 6.07) is 0. The third-order valence-corrected chi connectivity index (χ3v) is 5.72. The molecule has 2 N–H and O–H groups in total. The Morgan fingerprint density at radius 1 is 1.22 bits per heavy atom. The fraction of sp³-hybridized carbons (Fsp3) is 0.667. The molecule has 100 valence electrons. The van der Waals surface area contributed by atoms with E-state index in [0.29, 0.717) is 5.25 Å². The summed E-state index contributed by atoms with van der Waals surface area (Å²) in [4.78, 5) is 8.86. The number of thioether (sulfide) groups is 2. The van der Waals surface area contributed by atoms with E-state index in [9.17, 15) is 0 Å². The van der Waals surface area contributed by atoms with Crippen molar-refractivity contribution in [3.05, 3.63) is 11.4 Å². The number of nitrogens with one attached hydrogen (secondary N) is 2. The maximum absolute atomic E-state index is 4.49. The molecule has 1 fully saturated rings. The third-order valence-electron chi connectivity index (χ3n) is 2.88. The van der Waals surface area contributed by atoms with Crippen molar-refractivity contribution in [1.82, 2.24) is 9.97 Å². The molecule has 1 atom stereocenters. The first-order valence-corrected chi connectivity index (χ1v) is 8.37. The van der Waals surface area contributed by atoms with Crippen molar-refractivity contribution in [1.29, 1.82) is 0 Å². The Bertz CT molecular complexity index is 405. The fourth-order valence-corrected chi connectivity index (χ4v) is 4.52. The van der Waals surface area contributed by atoms with Gasteiger partial charge in [0.2, 0.25) is 0 Å². The van der Waals surface area contributed by atoms with Gasteiger partial charge in [0, 0.05) is 41.7 Å². The normalized spacial score (nSPS) is 19.6. The number of hydrogen-bond acceptors (Lipinski definition) is 6. The summed E-state index contributed by atoms with van der Waals surface area (Å²) in [7, 11) is 1.90. The molecule has 2 rings (SSSR count). The van der Waals surface area contributed by atoms with Gasteiger partial charge in [-0.3, -0.25) is 0 Å². The van der Waals surface area contributed by atoms with Gasteiger partial charge in [0.15, 0.2) is 0 Å². The van der Waals surface area contributed by atoms with E-state index in [4.69, 9.17) is 0 Å². The van der Waals surface area contributed by atoms with E-state index in [1.165, 1.54) is 17.3 Å². The van der Waals surface area contributed by atoms with Crippen LogP contribution in [0, 0.1) is 13.8 Å². The van der Waals surface area contributed by atoms with E-state index < -0.39 is 0 Å². The highest BCUT2D eigenvalue weighted by Crippen LogP contribution is 2.25. The van der Waals surface area contributed by atoms with Crippen LogP contribution >= 0.6 is 23.5 Å². The highest BCUT2D eigenvalue weighted by atomic mass is 32.2. The molecule has 0 saturated carbocycles. The maximum atomic E-state index is 4.49. The van der Waals surface area contributed by atoms with Crippen LogP contribution in [0.15, 0.2) is 0 Å². The Hall–Kier alpha value is -0.620. The van der Waals surface area contributed by atoms with E-state index >= 15 is 0 Å². The summed E-state index contributed by atoms with van der Waals surface area (Å²) >= 11 is 4.11. The van der Waals surface area contributed by atoms with Crippen LogP contribution < -0.4 is 10.6 Å². The molecule has 1 unspecified atom stereocenters. The third kappa shape index (κ3) is 3.45. The van der Waals surface area contributed by atoms with Gasteiger partial charge in [-0.1, -0.05) is 0 Å². The number of aryl methyl sites for hydroxylation is 1. The molecule has 4 nitrogen and oxygen atoms in total. The molecule has 18 heavy (non-hydrogen) atoms. The molecular weight excluding hydrogens is 264 g/mol. The number of hydrogen-bond donors (Lipinski definition) is 2. The van der Waals surface area contributed by atoms with Gasteiger partial charge in [-0.2, -0.15) is 23.5 Å². The quantitative estimate of drug-likeness (QED) is 0.885. The van der Waals surface area contributed by atoms with Crippen LogP contribution in [-0.2, 0) is 0 Å². The summed E-state index contributed by atoms with van der Waals surface area (Å²) in [6.45, 7) is 4.96. The van der Waals surface area contributed by atoms with Crippen molar-refractivity contribution in [2.24, 2.45) is 0 Å². The van der Waals surface area contributed by atoms with Crippen molar-refractivity contribution in [3.8, 4) is 0 Å². The Morgan fingerprint density at radius 3 is 2.67 bits per heavy atom. The predicted octanol–water partition coefficient (Wildman–Crippen LogP) is 2.40.